The Bertz CT molecular complexity index is 916. The van der Waals surface area contributed by atoms with E-state index in [0.29, 0.717) is 10.9 Å². The molecule has 0 bridgehead atoms. The predicted octanol–water partition coefficient (Wildman–Crippen LogP) is 5.10. The number of hydrogen-bond acceptors (Lipinski definition) is 4. The summed E-state index contributed by atoms with van der Waals surface area (Å²) in [6, 6.07) is 20.6. The summed E-state index contributed by atoms with van der Waals surface area (Å²) in [6.07, 6.45) is 2.72. The lowest BCUT2D eigenvalue weighted by Gasteiger charge is -2.23. The van der Waals surface area contributed by atoms with Crippen molar-refractivity contribution in [2.75, 3.05) is 30.4 Å². The molecular weight excluding hydrogens is 358 g/mol. The van der Waals surface area contributed by atoms with E-state index in [-0.39, 0.29) is 6.10 Å². The average molecular weight is 380 g/mol. The minimum Gasteiger partial charge on any atom is -0.471 e. The first-order valence-corrected chi connectivity index (χ1v) is 9.52. The minimum absolute atomic E-state index is 0.0795. The number of pyridine rings is 1. The van der Waals surface area contributed by atoms with E-state index in [1.165, 1.54) is 16.8 Å². The number of halogens is 1. The van der Waals surface area contributed by atoms with Crippen LogP contribution in [0.4, 0.5) is 11.4 Å². The Morgan fingerprint density at radius 1 is 1.07 bits per heavy atom. The Balaban J connectivity index is 1.51. The van der Waals surface area contributed by atoms with Gasteiger partial charge in [-0.1, -0.05) is 48.0 Å². The van der Waals surface area contributed by atoms with E-state index in [9.17, 15) is 0 Å². The van der Waals surface area contributed by atoms with Crippen LogP contribution in [0.2, 0.25) is 5.02 Å². The molecular formula is C22H22ClN3O. The van der Waals surface area contributed by atoms with Gasteiger partial charge in [-0.2, -0.15) is 0 Å². The second-order valence-corrected chi connectivity index (χ2v) is 7.02. The Morgan fingerprint density at radius 2 is 1.93 bits per heavy atom. The maximum absolute atomic E-state index is 6.17. The summed E-state index contributed by atoms with van der Waals surface area (Å²) in [4.78, 5) is 6.58. The van der Waals surface area contributed by atoms with E-state index in [0.717, 1.165) is 25.2 Å². The quantitative estimate of drug-likeness (QED) is 0.669. The van der Waals surface area contributed by atoms with Crippen molar-refractivity contribution in [2.24, 2.45) is 0 Å². The standard InChI is InChI=1S/C22H22ClN3O/c1-24-20-14-17(16-6-3-2-4-7-16)9-10-21(20)26-13-11-18(15-26)27-22-19(23)8-5-12-25-22/h2-10,12,14,18,24H,11,13,15H2,1H3. The zero-order chi connectivity index (χ0) is 18.6. The van der Waals surface area contributed by atoms with Gasteiger partial charge in [0, 0.05) is 26.2 Å². The highest BCUT2D eigenvalue weighted by atomic mass is 35.5. The summed E-state index contributed by atoms with van der Waals surface area (Å²) in [5.41, 5.74) is 4.73. The molecule has 0 aliphatic carbocycles. The summed E-state index contributed by atoms with van der Waals surface area (Å²) in [6.45, 7) is 1.75. The second-order valence-electron chi connectivity index (χ2n) is 6.61. The maximum Gasteiger partial charge on any atom is 0.232 e. The van der Waals surface area contributed by atoms with Crippen molar-refractivity contribution in [1.29, 1.82) is 0 Å². The smallest absolute Gasteiger partial charge is 0.232 e. The molecule has 4 rings (SSSR count). The molecule has 2 heterocycles. The van der Waals surface area contributed by atoms with Gasteiger partial charge >= 0.3 is 0 Å². The topological polar surface area (TPSA) is 37.4 Å². The van der Waals surface area contributed by atoms with Crippen molar-refractivity contribution in [1.82, 2.24) is 4.98 Å². The van der Waals surface area contributed by atoms with E-state index in [4.69, 9.17) is 16.3 Å². The fourth-order valence-corrected chi connectivity index (χ4v) is 3.65. The highest BCUT2D eigenvalue weighted by Crippen LogP contribution is 2.34. The van der Waals surface area contributed by atoms with Crippen LogP contribution >= 0.6 is 11.6 Å². The van der Waals surface area contributed by atoms with Crippen molar-refractivity contribution >= 4 is 23.0 Å². The number of nitrogens with zero attached hydrogens (tertiary/aromatic N) is 2. The van der Waals surface area contributed by atoms with Crippen LogP contribution in [0.15, 0.2) is 66.9 Å². The molecule has 4 nitrogen and oxygen atoms in total. The van der Waals surface area contributed by atoms with Crippen LogP contribution in [0.1, 0.15) is 6.42 Å². The molecule has 0 amide bonds. The van der Waals surface area contributed by atoms with Gasteiger partial charge in [-0.25, -0.2) is 4.98 Å². The number of rotatable bonds is 5. The van der Waals surface area contributed by atoms with Gasteiger partial charge in [0.2, 0.25) is 5.88 Å². The molecule has 0 radical (unpaired) electrons. The Labute approximate surface area is 164 Å². The summed E-state index contributed by atoms with van der Waals surface area (Å²) in [5.74, 6) is 0.513. The zero-order valence-corrected chi connectivity index (χ0v) is 16.0. The first kappa shape index (κ1) is 17.7. The molecule has 1 aromatic heterocycles. The highest BCUT2D eigenvalue weighted by molar-refractivity contribution is 6.31. The number of nitrogens with one attached hydrogen (secondary N) is 1. The van der Waals surface area contributed by atoms with Crippen LogP contribution in [0, 0.1) is 0 Å². The Morgan fingerprint density at radius 3 is 2.70 bits per heavy atom. The first-order chi connectivity index (χ1) is 13.2. The van der Waals surface area contributed by atoms with E-state index in [2.05, 4.69) is 57.7 Å². The summed E-state index contributed by atoms with van der Waals surface area (Å²) >= 11 is 6.17. The molecule has 1 atom stereocenters. The molecule has 1 fully saturated rings. The molecule has 1 aliphatic rings. The predicted molar refractivity (Wildman–Crippen MR) is 112 cm³/mol. The minimum atomic E-state index is 0.0795. The molecule has 1 aliphatic heterocycles. The highest BCUT2D eigenvalue weighted by Gasteiger charge is 2.26. The number of ether oxygens (including phenoxy) is 1. The van der Waals surface area contributed by atoms with Gasteiger partial charge in [-0.3, -0.25) is 0 Å². The van der Waals surface area contributed by atoms with E-state index >= 15 is 0 Å². The van der Waals surface area contributed by atoms with Crippen LogP contribution in [0.3, 0.4) is 0 Å². The van der Waals surface area contributed by atoms with Crippen LogP contribution in [0.5, 0.6) is 5.88 Å². The van der Waals surface area contributed by atoms with Crippen molar-refractivity contribution in [3.05, 3.63) is 71.9 Å². The molecule has 27 heavy (non-hydrogen) atoms. The zero-order valence-electron chi connectivity index (χ0n) is 15.2. The van der Waals surface area contributed by atoms with Gasteiger partial charge in [0.25, 0.3) is 0 Å². The SMILES string of the molecule is CNc1cc(-c2ccccc2)ccc1N1CCC(Oc2ncccc2Cl)C1. The van der Waals surface area contributed by atoms with Gasteiger partial charge in [-0.15, -0.1) is 0 Å². The van der Waals surface area contributed by atoms with Crippen LogP contribution in [0.25, 0.3) is 11.1 Å². The van der Waals surface area contributed by atoms with Gasteiger partial charge in [-0.05, 0) is 35.4 Å². The van der Waals surface area contributed by atoms with Gasteiger partial charge in [0.1, 0.15) is 11.1 Å². The van der Waals surface area contributed by atoms with Gasteiger partial charge in [0.05, 0.1) is 17.9 Å². The molecule has 1 saturated heterocycles. The number of hydrogen-bond donors (Lipinski definition) is 1. The average Bonchev–Trinajstić information content (AvgIpc) is 3.18. The van der Waals surface area contributed by atoms with Crippen molar-refractivity contribution in [3.8, 4) is 17.0 Å². The van der Waals surface area contributed by atoms with E-state index < -0.39 is 0 Å². The lowest BCUT2D eigenvalue weighted by atomic mass is 10.0. The molecule has 138 valence electrons. The molecule has 1 unspecified atom stereocenters. The lowest BCUT2D eigenvalue weighted by Crippen LogP contribution is -2.25. The summed E-state index contributed by atoms with van der Waals surface area (Å²) < 4.78 is 6.02. The fraction of sp³-hybridized carbons (Fsp3) is 0.227. The van der Waals surface area contributed by atoms with Crippen molar-refractivity contribution in [2.45, 2.75) is 12.5 Å². The lowest BCUT2D eigenvalue weighted by molar-refractivity contribution is 0.216. The van der Waals surface area contributed by atoms with Gasteiger partial charge in [0.15, 0.2) is 0 Å². The van der Waals surface area contributed by atoms with Gasteiger partial charge < -0.3 is 15.0 Å². The third-order valence-corrected chi connectivity index (χ3v) is 5.15. The number of benzene rings is 2. The maximum atomic E-state index is 6.17. The number of anilines is 2. The molecule has 5 heteroatoms. The third-order valence-electron chi connectivity index (χ3n) is 4.86. The summed E-state index contributed by atoms with van der Waals surface area (Å²) in [5, 5.41) is 3.90. The third kappa shape index (κ3) is 3.86. The molecule has 2 aromatic carbocycles. The Hall–Kier alpha value is -2.72. The number of aromatic nitrogens is 1. The van der Waals surface area contributed by atoms with Crippen molar-refractivity contribution in [3.63, 3.8) is 0 Å². The van der Waals surface area contributed by atoms with Crippen LogP contribution in [-0.4, -0.2) is 31.2 Å². The van der Waals surface area contributed by atoms with Crippen LogP contribution in [-0.2, 0) is 0 Å². The second kappa shape index (κ2) is 7.89. The first-order valence-electron chi connectivity index (χ1n) is 9.14. The monoisotopic (exact) mass is 379 g/mol. The van der Waals surface area contributed by atoms with Crippen LogP contribution < -0.4 is 15.0 Å². The summed E-state index contributed by atoms with van der Waals surface area (Å²) in [7, 11) is 1.96. The molecule has 1 N–H and O–H groups in total. The normalized spacial score (nSPS) is 16.4. The largest absolute Gasteiger partial charge is 0.471 e. The molecule has 0 spiro atoms. The molecule has 3 aromatic rings. The van der Waals surface area contributed by atoms with Crippen molar-refractivity contribution < 1.29 is 4.74 Å². The van der Waals surface area contributed by atoms with E-state index in [1.54, 1.807) is 12.3 Å². The fourth-order valence-electron chi connectivity index (χ4n) is 3.48. The Kier molecular flexibility index (Phi) is 5.16. The molecule has 0 saturated carbocycles. The van der Waals surface area contributed by atoms with E-state index in [1.807, 2.05) is 19.2 Å².